The Bertz CT molecular complexity index is 504. The van der Waals surface area contributed by atoms with E-state index < -0.39 is 0 Å². The quantitative estimate of drug-likeness (QED) is 0.394. The number of aromatic hydroxyl groups is 1. The summed E-state index contributed by atoms with van der Waals surface area (Å²) in [6.45, 7) is 2.16. The van der Waals surface area contributed by atoms with Crippen molar-refractivity contribution >= 4 is 12.1 Å². The number of hydrogen-bond acceptors (Lipinski definition) is 5. The van der Waals surface area contributed by atoms with Gasteiger partial charge in [-0.05, 0) is 18.6 Å². The summed E-state index contributed by atoms with van der Waals surface area (Å²) >= 11 is 0. The van der Waals surface area contributed by atoms with Gasteiger partial charge in [0.2, 0.25) is 11.7 Å². The highest BCUT2D eigenvalue weighted by Gasteiger charge is 2.10. The fourth-order valence-corrected chi connectivity index (χ4v) is 2.11. The third kappa shape index (κ3) is 6.59. The third-order valence-corrected chi connectivity index (χ3v) is 3.41. The second kappa shape index (κ2) is 10.5. The van der Waals surface area contributed by atoms with Crippen molar-refractivity contribution in [1.29, 1.82) is 0 Å². The number of unbranched alkanes of at least 4 members (excludes halogenated alkanes) is 4. The number of carbonyl (C=O) groups excluding carboxylic acids is 1. The van der Waals surface area contributed by atoms with E-state index in [1.807, 2.05) is 0 Å². The fourth-order valence-electron chi connectivity index (χ4n) is 2.11. The van der Waals surface area contributed by atoms with Crippen LogP contribution in [0.3, 0.4) is 0 Å². The van der Waals surface area contributed by atoms with Crippen molar-refractivity contribution in [1.82, 2.24) is 5.43 Å². The number of amides is 1. The minimum Gasteiger partial charge on any atom is -0.502 e. The number of methoxy groups -OCH3 is 2. The van der Waals surface area contributed by atoms with E-state index in [1.165, 1.54) is 39.7 Å². The molecule has 0 atom stereocenters. The van der Waals surface area contributed by atoms with Gasteiger partial charge in [0.15, 0.2) is 11.5 Å². The molecule has 2 N–H and O–H groups in total. The summed E-state index contributed by atoms with van der Waals surface area (Å²) in [7, 11) is 2.91. The molecule has 23 heavy (non-hydrogen) atoms. The standard InChI is InChI=1S/C17H26N2O4/c1-4-5-6-7-8-9-16(20)19-18-12-13-10-14(22-2)17(21)15(11-13)23-3/h10-12,21H,4-9H2,1-3H3,(H,19,20). The molecule has 0 unspecified atom stereocenters. The number of hydrazone groups is 1. The highest BCUT2D eigenvalue weighted by Crippen LogP contribution is 2.36. The lowest BCUT2D eigenvalue weighted by Crippen LogP contribution is -2.16. The molecule has 0 aliphatic rings. The van der Waals surface area contributed by atoms with Gasteiger partial charge in [-0.25, -0.2) is 5.43 Å². The first-order valence-electron chi connectivity index (χ1n) is 7.89. The molecule has 0 spiro atoms. The average Bonchev–Trinajstić information content (AvgIpc) is 2.55. The molecule has 0 radical (unpaired) electrons. The van der Waals surface area contributed by atoms with Crippen molar-refractivity contribution in [3.05, 3.63) is 17.7 Å². The molecule has 0 aromatic heterocycles. The Labute approximate surface area is 137 Å². The van der Waals surface area contributed by atoms with Crippen LogP contribution >= 0.6 is 0 Å². The van der Waals surface area contributed by atoms with E-state index in [1.54, 1.807) is 12.1 Å². The van der Waals surface area contributed by atoms with Crippen molar-refractivity contribution in [2.75, 3.05) is 14.2 Å². The van der Waals surface area contributed by atoms with Gasteiger partial charge < -0.3 is 14.6 Å². The van der Waals surface area contributed by atoms with Crippen LogP contribution in [0.1, 0.15) is 51.0 Å². The lowest BCUT2D eigenvalue weighted by atomic mass is 10.1. The SMILES string of the molecule is CCCCCCCC(=O)NN=Cc1cc(OC)c(O)c(OC)c1. The van der Waals surface area contributed by atoms with E-state index in [-0.39, 0.29) is 23.2 Å². The lowest BCUT2D eigenvalue weighted by Gasteiger charge is -2.09. The smallest absolute Gasteiger partial charge is 0.240 e. The molecule has 6 nitrogen and oxygen atoms in total. The summed E-state index contributed by atoms with van der Waals surface area (Å²) in [5.74, 6) is 0.403. The molecule has 128 valence electrons. The highest BCUT2D eigenvalue weighted by molar-refractivity contribution is 5.84. The zero-order chi connectivity index (χ0) is 17.1. The average molecular weight is 322 g/mol. The molecule has 0 bridgehead atoms. The Morgan fingerprint density at radius 3 is 2.35 bits per heavy atom. The van der Waals surface area contributed by atoms with E-state index in [0.29, 0.717) is 12.0 Å². The molecule has 0 aliphatic heterocycles. The van der Waals surface area contributed by atoms with Crippen LogP contribution in [0.25, 0.3) is 0 Å². The van der Waals surface area contributed by atoms with Gasteiger partial charge >= 0.3 is 0 Å². The topological polar surface area (TPSA) is 80.2 Å². The Morgan fingerprint density at radius 1 is 1.17 bits per heavy atom. The molecule has 0 heterocycles. The van der Waals surface area contributed by atoms with Crippen molar-refractivity contribution in [2.24, 2.45) is 5.10 Å². The van der Waals surface area contributed by atoms with Crippen LogP contribution in [0.4, 0.5) is 0 Å². The van der Waals surface area contributed by atoms with Crippen LogP contribution in [-0.4, -0.2) is 31.4 Å². The number of benzene rings is 1. The Kier molecular flexibility index (Phi) is 8.57. The second-order valence-corrected chi connectivity index (χ2v) is 5.23. The van der Waals surface area contributed by atoms with Crippen LogP contribution < -0.4 is 14.9 Å². The minimum absolute atomic E-state index is 0.0664. The first-order chi connectivity index (χ1) is 11.1. The number of ether oxygens (including phenoxy) is 2. The maximum absolute atomic E-state index is 11.7. The van der Waals surface area contributed by atoms with Gasteiger partial charge in [0.1, 0.15) is 0 Å². The van der Waals surface area contributed by atoms with Gasteiger partial charge in [0, 0.05) is 12.0 Å². The predicted molar refractivity (Wildman–Crippen MR) is 90.3 cm³/mol. The highest BCUT2D eigenvalue weighted by atomic mass is 16.5. The summed E-state index contributed by atoms with van der Waals surface area (Å²) in [4.78, 5) is 11.7. The van der Waals surface area contributed by atoms with Crippen LogP contribution in [0.5, 0.6) is 17.2 Å². The minimum atomic E-state index is -0.101. The number of hydrogen-bond donors (Lipinski definition) is 2. The number of nitrogens with zero attached hydrogens (tertiary/aromatic N) is 1. The van der Waals surface area contributed by atoms with Crippen molar-refractivity contribution in [2.45, 2.75) is 45.4 Å². The van der Waals surface area contributed by atoms with Gasteiger partial charge in [-0.3, -0.25) is 4.79 Å². The maximum Gasteiger partial charge on any atom is 0.240 e. The molecule has 0 fully saturated rings. The molecule has 0 saturated carbocycles. The maximum atomic E-state index is 11.7. The Balaban J connectivity index is 2.49. The van der Waals surface area contributed by atoms with Crippen LogP contribution in [0.2, 0.25) is 0 Å². The molecule has 1 rings (SSSR count). The van der Waals surface area contributed by atoms with Crippen molar-refractivity contribution in [3.63, 3.8) is 0 Å². The summed E-state index contributed by atoms with van der Waals surface area (Å²) in [6.07, 6.45) is 7.47. The van der Waals surface area contributed by atoms with Crippen LogP contribution in [0, 0.1) is 0 Å². The van der Waals surface area contributed by atoms with Crippen molar-refractivity contribution < 1.29 is 19.4 Å². The third-order valence-electron chi connectivity index (χ3n) is 3.41. The number of rotatable bonds is 10. The monoisotopic (exact) mass is 322 g/mol. The molecule has 1 amide bonds. The molecule has 1 aromatic rings. The zero-order valence-corrected chi connectivity index (χ0v) is 14.1. The summed E-state index contributed by atoms with van der Waals surface area (Å²) in [5, 5.41) is 13.7. The molecular weight excluding hydrogens is 296 g/mol. The summed E-state index contributed by atoms with van der Waals surface area (Å²) in [6, 6.07) is 3.22. The molecular formula is C17H26N2O4. The van der Waals surface area contributed by atoms with Crippen molar-refractivity contribution in [3.8, 4) is 17.2 Å². The zero-order valence-electron chi connectivity index (χ0n) is 14.1. The Morgan fingerprint density at radius 2 is 1.78 bits per heavy atom. The number of phenolic OH excluding ortho intramolecular Hbond substituents is 1. The van der Waals surface area contributed by atoms with Crippen LogP contribution in [0.15, 0.2) is 17.2 Å². The molecule has 6 heteroatoms. The molecule has 0 aliphatic carbocycles. The largest absolute Gasteiger partial charge is 0.502 e. The van der Waals surface area contributed by atoms with Gasteiger partial charge in [0.05, 0.1) is 20.4 Å². The van der Waals surface area contributed by atoms with E-state index in [4.69, 9.17) is 9.47 Å². The number of carbonyl (C=O) groups is 1. The summed E-state index contributed by atoms with van der Waals surface area (Å²) < 4.78 is 10.1. The van der Waals surface area contributed by atoms with Gasteiger partial charge in [-0.2, -0.15) is 5.10 Å². The van der Waals surface area contributed by atoms with E-state index in [9.17, 15) is 9.90 Å². The Hall–Kier alpha value is -2.24. The second-order valence-electron chi connectivity index (χ2n) is 5.23. The number of phenols is 1. The van der Waals surface area contributed by atoms with Gasteiger partial charge in [0.25, 0.3) is 0 Å². The predicted octanol–water partition coefficient (Wildman–Crippen LogP) is 3.22. The fraction of sp³-hybridized carbons (Fsp3) is 0.529. The summed E-state index contributed by atoms with van der Waals surface area (Å²) in [5.41, 5.74) is 3.15. The van der Waals surface area contributed by atoms with Gasteiger partial charge in [-0.15, -0.1) is 0 Å². The van der Waals surface area contributed by atoms with E-state index in [2.05, 4.69) is 17.5 Å². The molecule has 1 aromatic carbocycles. The lowest BCUT2D eigenvalue weighted by molar-refractivity contribution is -0.121. The van der Waals surface area contributed by atoms with Gasteiger partial charge in [-0.1, -0.05) is 32.6 Å². The van der Waals surface area contributed by atoms with E-state index in [0.717, 1.165) is 12.8 Å². The first kappa shape index (κ1) is 18.8. The normalized spacial score (nSPS) is 10.7. The first-order valence-corrected chi connectivity index (χ1v) is 7.89. The molecule has 0 saturated heterocycles. The van der Waals surface area contributed by atoms with E-state index >= 15 is 0 Å². The van der Waals surface area contributed by atoms with Crippen LogP contribution in [-0.2, 0) is 4.79 Å². The number of nitrogens with one attached hydrogen (secondary N) is 1.